The maximum atomic E-state index is 11.6. The minimum absolute atomic E-state index is 0.0501. The maximum absolute atomic E-state index is 11.6. The van der Waals surface area contributed by atoms with Crippen molar-refractivity contribution in [2.75, 3.05) is 6.61 Å². The minimum atomic E-state index is -0.483. The lowest BCUT2D eigenvalue weighted by atomic mass is 10.0. The van der Waals surface area contributed by atoms with Crippen LogP contribution in [0.25, 0.3) is 0 Å². The van der Waals surface area contributed by atoms with Gasteiger partial charge in [0.05, 0.1) is 0 Å². The van der Waals surface area contributed by atoms with Crippen LogP contribution in [0, 0.1) is 5.92 Å². The van der Waals surface area contributed by atoms with Crippen molar-refractivity contribution in [3.05, 3.63) is 30.3 Å². The average molecular weight is 237 g/mol. The van der Waals surface area contributed by atoms with Crippen LogP contribution >= 0.6 is 0 Å². The molecule has 2 N–H and O–H groups in total. The Morgan fingerprint density at radius 3 is 2.53 bits per heavy atom. The number of hydrogen-bond acceptors (Lipinski definition) is 3. The molecule has 17 heavy (non-hydrogen) atoms. The van der Waals surface area contributed by atoms with Gasteiger partial charge in [0.1, 0.15) is 5.75 Å². The molecule has 0 aliphatic carbocycles. The van der Waals surface area contributed by atoms with Gasteiger partial charge in [-0.3, -0.25) is 0 Å². The summed E-state index contributed by atoms with van der Waals surface area (Å²) < 4.78 is 5.11. The molecule has 0 heterocycles. The topological polar surface area (TPSA) is 58.6 Å². The molecule has 0 aromatic heterocycles. The number of carbonyl (C=O) groups is 1. The highest BCUT2D eigenvalue weighted by molar-refractivity contribution is 5.70. The van der Waals surface area contributed by atoms with Gasteiger partial charge < -0.3 is 15.2 Å². The normalized spacial score (nSPS) is 12.2. The summed E-state index contributed by atoms with van der Waals surface area (Å²) in [4.78, 5) is 11.6. The summed E-state index contributed by atoms with van der Waals surface area (Å²) in [5, 5.41) is 11.6. The van der Waals surface area contributed by atoms with E-state index in [4.69, 9.17) is 9.84 Å². The van der Waals surface area contributed by atoms with E-state index in [1.54, 1.807) is 24.3 Å². The Hall–Kier alpha value is -1.55. The highest BCUT2D eigenvalue weighted by atomic mass is 16.6. The number of amides is 1. The van der Waals surface area contributed by atoms with Crippen molar-refractivity contribution >= 4 is 6.09 Å². The fourth-order valence-electron chi connectivity index (χ4n) is 1.49. The number of hydrogen-bond donors (Lipinski definition) is 2. The van der Waals surface area contributed by atoms with Gasteiger partial charge in [-0.1, -0.05) is 32.0 Å². The molecule has 1 atom stereocenters. The van der Waals surface area contributed by atoms with Crippen molar-refractivity contribution < 1.29 is 14.6 Å². The highest BCUT2D eigenvalue weighted by Gasteiger charge is 2.16. The van der Waals surface area contributed by atoms with Gasteiger partial charge in [0.25, 0.3) is 0 Å². The zero-order valence-electron chi connectivity index (χ0n) is 10.2. The SMILES string of the molecule is CC(C)C(CCO)NC(=O)Oc1ccccc1. The number of aliphatic hydroxyl groups excluding tert-OH is 1. The summed E-state index contributed by atoms with van der Waals surface area (Å²) in [5.41, 5.74) is 0. The maximum Gasteiger partial charge on any atom is 0.412 e. The van der Waals surface area contributed by atoms with E-state index in [2.05, 4.69) is 5.32 Å². The number of para-hydroxylation sites is 1. The lowest BCUT2D eigenvalue weighted by molar-refractivity contribution is 0.184. The predicted octanol–water partition coefficient (Wildman–Crippen LogP) is 2.18. The zero-order valence-corrected chi connectivity index (χ0v) is 10.2. The van der Waals surface area contributed by atoms with Crippen molar-refractivity contribution in [3.63, 3.8) is 0 Å². The van der Waals surface area contributed by atoms with Gasteiger partial charge in [0.15, 0.2) is 0 Å². The highest BCUT2D eigenvalue weighted by Crippen LogP contribution is 2.10. The molecule has 0 bridgehead atoms. The summed E-state index contributed by atoms with van der Waals surface area (Å²) in [6.07, 6.45) is 0.0463. The van der Waals surface area contributed by atoms with Crippen LogP contribution in [-0.4, -0.2) is 23.8 Å². The van der Waals surface area contributed by atoms with Crippen LogP contribution in [0.5, 0.6) is 5.75 Å². The van der Waals surface area contributed by atoms with Crippen molar-refractivity contribution in [1.29, 1.82) is 0 Å². The first-order valence-corrected chi connectivity index (χ1v) is 5.77. The quantitative estimate of drug-likeness (QED) is 0.825. The van der Waals surface area contributed by atoms with E-state index < -0.39 is 6.09 Å². The van der Waals surface area contributed by atoms with E-state index in [1.807, 2.05) is 19.9 Å². The molecule has 0 saturated heterocycles. The first kappa shape index (κ1) is 13.5. The van der Waals surface area contributed by atoms with E-state index in [0.717, 1.165) is 0 Å². The van der Waals surface area contributed by atoms with Crippen molar-refractivity contribution in [2.24, 2.45) is 5.92 Å². The van der Waals surface area contributed by atoms with Crippen molar-refractivity contribution in [2.45, 2.75) is 26.3 Å². The third kappa shape index (κ3) is 4.87. The molecule has 1 amide bonds. The lowest BCUT2D eigenvalue weighted by Gasteiger charge is -2.20. The second-order valence-electron chi connectivity index (χ2n) is 4.21. The van der Waals surface area contributed by atoms with Gasteiger partial charge in [-0.15, -0.1) is 0 Å². The zero-order chi connectivity index (χ0) is 12.7. The molecule has 0 fully saturated rings. The molecular formula is C13H19NO3. The molecule has 0 spiro atoms. The molecular weight excluding hydrogens is 218 g/mol. The lowest BCUT2D eigenvalue weighted by Crippen LogP contribution is -2.40. The number of rotatable bonds is 5. The number of benzene rings is 1. The second-order valence-corrected chi connectivity index (χ2v) is 4.21. The van der Waals surface area contributed by atoms with E-state index in [0.29, 0.717) is 12.2 Å². The molecule has 4 nitrogen and oxygen atoms in total. The van der Waals surface area contributed by atoms with Crippen LogP contribution in [0.4, 0.5) is 4.79 Å². The summed E-state index contributed by atoms with van der Waals surface area (Å²) in [6.45, 7) is 4.03. The van der Waals surface area contributed by atoms with E-state index in [9.17, 15) is 4.79 Å². The minimum Gasteiger partial charge on any atom is -0.410 e. The Labute approximate surface area is 102 Å². The Morgan fingerprint density at radius 1 is 1.35 bits per heavy atom. The average Bonchev–Trinajstić information content (AvgIpc) is 2.29. The summed E-state index contributed by atoms with van der Waals surface area (Å²) in [5.74, 6) is 0.766. The largest absolute Gasteiger partial charge is 0.412 e. The van der Waals surface area contributed by atoms with Crippen molar-refractivity contribution in [1.82, 2.24) is 5.32 Å². The molecule has 0 saturated carbocycles. The summed E-state index contributed by atoms with van der Waals surface area (Å²) in [6, 6.07) is 8.82. The molecule has 0 radical (unpaired) electrons. The monoisotopic (exact) mass is 237 g/mol. The van der Waals surface area contributed by atoms with Gasteiger partial charge in [-0.05, 0) is 24.5 Å². The molecule has 0 aliphatic heterocycles. The molecule has 1 aromatic rings. The summed E-state index contributed by atoms with van der Waals surface area (Å²) in [7, 11) is 0. The first-order valence-electron chi connectivity index (χ1n) is 5.77. The van der Waals surface area contributed by atoms with Crippen LogP contribution in [-0.2, 0) is 0 Å². The van der Waals surface area contributed by atoms with Crippen LogP contribution in [0.3, 0.4) is 0 Å². The molecule has 1 rings (SSSR count). The number of ether oxygens (including phenoxy) is 1. The fraction of sp³-hybridized carbons (Fsp3) is 0.462. The molecule has 1 aromatic carbocycles. The van der Waals surface area contributed by atoms with Crippen LogP contribution in [0.2, 0.25) is 0 Å². The summed E-state index contributed by atoms with van der Waals surface area (Å²) >= 11 is 0. The molecule has 0 aliphatic rings. The molecule has 1 unspecified atom stereocenters. The van der Waals surface area contributed by atoms with E-state index in [-0.39, 0.29) is 18.6 Å². The van der Waals surface area contributed by atoms with Gasteiger partial charge in [0, 0.05) is 12.6 Å². The number of aliphatic hydroxyl groups is 1. The van der Waals surface area contributed by atoms with E-state index >= 15 is 0 Å². The van der Waals surface area contributed by atoms with Crippen LogP contribution in [0.1, 0.15) is 20.3 Å². The Morgan fingerprint density at radius 2 is 2.00 bits per heavy atom. The van der Waals surface area contributed by atoms with Crippen LogP contribution < -0.4 is 10.1 Å². The van der Waals surface area contributed by atoms with Gasteiger partial charge in [-0.25, -0.2) is 4.79 Å². The second kappa shape index (κ2) is 6.91. The number of carbonyl (C=O) groups excluding carboxylic acids is 1. The predicted molar refractivity (Wildman–Crippen MR) is 65.9 cm³/mol. The smallest absolute Gasteiger partial charge is 0.410 e. The standard InChI is InChI=1S/C13H19NO3/c1-10(2)12(8-9-15)14-13(16)17-11-6-4-3-5-7-11/h3-7,10,12,15H,8-9H2,1-2H3,(H,14,16). The van der Waals surface area contributed by atoms with Gasteiger partial charge in [-0.2, -0.15) is 0 Å². The number of nitrogens with one attached hydrogen (secondary N) is 1. The van der Waals surface area contributed by atoms with Crippen molar-refractivity contribution in [3.8, 4) is 5.75 Å². The fourth-order valence-corrected chi connectivity index (χ4v) is 1.49. The molecule has 4 heteroatoms. The third-order valence-corrected chi connectivity index (χ3v) is 2.50. The van der Waals surface area contributed by atoms with Gasteiger partial charge in [0.2, 0.25) is 0 Å². The first-order chi connectivity index (χ1) is 8.13. The Bertz CT molecular complexity index is 338. The van der Waals surface area contributed by atoms with Gasteiger partial charge >= 0.3 is 6.09 Å². The van der Waals surface area contributed by atoms with Crippen LogP contribution in [0.15, 0.2) is 30.3 Å². The Balaban J connectivity index is 2.48. The third-order valence-electron chi connectivity index (χ3n) is 2.50. The molecule has 94 valence electrons. The Kier molecular flexibility index (Phi) is 5.49. The van der Waals surface area contributed by atoms with E-state index in [1.165, 1.54) is 0 Å².